The average Bonchev–Trinajstić information content (AvgIpc) is 2.79. The Bertz CT molecular complexity index is 488. The van der Waals surface area contributed by atoms with Gasteiger partial charge >= 0.3 is 0 Å². The molecule has 0 aliphatic rings. The van der Waals surface area contributed by atoms with Crippen molar-refractivity contribution in [1.29, 1.82) is 0 Å². The van der Waals surface area contributed by atoms with E-state index in [1.165, 1.54) is 15.6 Å². The molecule has 0 fully saturated rings. The van der Waals surface area contributed by atoms with E-state index < -0.39 is 0 Å². The van der Waals surface area contributed by atoms with Gasteiger partial charge in [0.2, 0.25) is 0 Å². The number of nitrogens with one attached hydrogen (secondary N) is 1. The quantitative estimate of drug-likeness (QED) is 0.792. The minimum Gasteiger partial charge on any atom is -0.306 e. The lowest BCUT2D eigenvalue weighted by atomic mass is 10.0. The molecular formula is C14H18ClNS. The van der Waals surface area contributed by atoms with E-state index in [0.29, 0.717) is 5.88 Å². The van der Waals surface area contributed by atoms with Crippen molar-refractivity contribution in [3.8, 4) is 0 Å². The number of hydrogen-bond donors (Lipinski definition) is 1. The Labute approximate surface area is 112 Å². The molecule has 1 unspecified atom stereocenters. The molecule has 2 rings (SSSR count). The van der Waals surface area contributed by atoms with Gasteiger partial charge < -0.3 is 5.32 Å². The predicted octanol–water partition coefficient (Wildman–Crippen LogP) is 4.40. The summed E-state index contributed by atoms with van der Waals surface area (Å²) < 4.78 is 1.35. The average molecular weight is 268 g/mol. The van der Waals surface area contributed by atoms with Gasteiger partial charge in [0, 0.05) is 22.7 Å². The zero-order valence-electron chi connectivity index (χ0n) is 10.3. The van der Waals surface area contributed by atoms with E-state index in [9.17, 15) is 0 Å². The van der Waals surface area contributed by atoms with Crippen molar-refractivity contribution >= 4 is 33.0 Å². The summed E-state index contributed by atoms with van der Waals surface area (Å²) in [5.41, 5.74) is 1.40. The first-order valence-corrected chi connectivity index (χ1v) is 7.36. The third kappa shape index (κ3) is 2.82. The van der Waals surface area contributed by atoms with Crippen molar-refractivity contribution < 1.29 is 0 Å². The van der Waals surface area contributed by atoms with Crippen LogP contribution in [0.15, 0.2) is 29.6 Å². The first-order valence-electron chi connectivity index (χ1n) is 5.94. The van der Waals surface area contributed by atoms with Crippen LogP contribution in [-0.4, -0.2) is 11.4 Å². The van der Waals surface area contributed by atoms with Crippen molar-refractivity contribution in [2.45, 2.75) is 32.4 Å². The van der Waals surface area contributed by atoms with Crippen LogP contribution in [0.1, 0.15) is 25.8 Å². The normalized spacial score (nSPS) is 15.0. The molecule has 0 saturated heterocycles. The second kappa shape index (κ2) is 5.38. The van der Waals surface area contributed by atoms with E-state index in [2.05, 4.69) is 48.8 Å². The fraction of sp³-hybridized carbons (Fsp3) is 0.429. The Morgan fingerprint density at radius 2 is 2.12 bits per heavy atom. The number of halogens is 1. The molecule has 0 spiro atoms. The maximum absolute atomic E-state index is 6.01. The Morgan fingerprint density at radius 3 is 2.82 bits per heavy atom. The zero-order chi connectivity index (χ0) is 12.3. The van der Waals surface area contributed by atoms with Gasteiger partial charge in [0.1, 0.15) is 0 Å². The van der Waals surface area contributed by atoms with Crippen LogP contribution >= 0.6 is 22.9 Å². The number of fused-ring (bicyclic) bond motifs is 1. The van der Waals surface area contributed by atoms with E-state index >= 15 is 0 Å². The molecule has 92 valence electrons. The standard InChI is InChI=1S/C14H18ClNS/c1-3-14(2,10-15)16-8-11-9-17-13-7-5-4-6-12(11)13/h4-7,9,16H,3,8,10H2,1-2H3. The Morgan fingerprint density at radius 1 is 1.35 bits per heavy atom. The number of hydrogen-bond acceptors (Lipinski definition) is 2. The predicted molar refractivity (Wildman–Crippen MR) is 78.1 cm³/mol. The van der Waals surface area contributed by atoms with Crippen molar-refractivity contribution in [1.82, 2.24) is 5.32 Å². The van der Waals surface area contributed by atoms with Gasteiger partial charge in [-0.05, 0) is 35.7 Å². The minimum atomic E-state index is 0.0323. The Hall–Kier alpha value is -0.570. The van der Waals surface area contributed by atoms with E-state index in [1.807, 2.05) is 0 Å². The van der Waals surface area contributed by atoms with Crippen LogP contribution in [0, 0.1) is 0 Å². The van der Waals surface area contributed by atoms with Gasteiger partial charge in [0.15, 0.2) is 0 Å². The van der Waals surface area contributed by atoms with Crippen molar-refractivity contribution in [2.24, 2.45) is 0 Å². The largest absolute Gasteiger partial charge is 0.306 e. The maximum Gasteiger partial charge on any atom is 0.0403 e. The lowest BCUT2D eigenvalue weighted by molar-refractivity contribution is 0.380. The van der Waals surface area contributed by atoms with Gasteiger partial charge in [0.05, 0.1) is 0 Å². The molecule has 1 atom stereocenters. The monoisotopic (exact) mass is 267 g/mol. The highest BCUT2D eigenvalue weighted by Gasteiger charge is 2.19. The number of thiophene rings is 1. The third-order valence-electron chi connectivity index (χ3n) is 3.34. The van der Waals surface area contributed by atoms with Gasteiger partial charge in [0.25, 0.3) is 0 Å². The van der Waals surface area contributed by atoms with Gasteiger partial charge in [-0.2, -0.15) is 0 Å². The lowest BCUT2D eigenvalue weighted by Crippen LogP contribution is -2.42. The fourth-order valence-electron chi connectivity index (χ4n) is 1.75. The molecule has 3 heteroatoms. The molecule has 17 heavy (non-hydrogen) atoms. The van der Waals surface area contributed by atoms with Crippen molar-refractivity contribution in [3.05, 3.63) is 35.2 Å². The summed E-state index contributed by atoms with van der Waals surface area (Å²) in [5.74, 6) is 0.644. The highest BCUT2D eigenvalue weighted by Crippen LogP contribution is 2.26. The molecule has 0 amide bonds. The molecule has 1 heterocycles. The molecule has 0 aliphatic carbocycles. The second-order valence-corrected chi connectivity index (χ2v) is 5.84. The molecule has 0 aliphatic heterocycles. The molecule has 0 radical (unpaired) electrons. The summed E-state index contributed by atoms with van der Waals surface area (Å²) in [6.45, 7) is 5.23. The molecule has 1 N–H and O–H groups in total. The van der Waals surface area contributed by atoms with Gasteiger partial charge in [-0.3, -0.25) is 0 Å². The van der Waals surface area contributed by atoms with Crippen LogP contribution in [0.3, 0.4) is 0 Å². The molecular weight excluding hydrogens is 250 g/mol. The van der Waals surface area contributed by atoms with Crippen molar-refractivity contribution in [3.63, 3.8) is 0 Å². The topological polar surface area (TPSA) is 12.0 Å². The highest BCUT2D eigenvalue weighted by atomic mass is 35.5. The van der Waals surface area contributed by atoms with E-state index in [-0.39, 0.29) is 5.54 Å². The lowest BCUT2D eigenvalue weighted by Gasteiger charge is -2.27. The third-order valence-corrected chi connectivity index (χ3v) is 4.94. The van der Waals surface area contributed by atoms with Gasteiger partial charge in [-0.15, -0.1) is 22.9 Å². The number of alkyl halides is 1. The smallest absolute Gasteiger partial charge is 0.0403 e. The van der Waals surface area contributed by atoms with Crippen LogP contribution in [0.2, 0.25) is 0 Å². The summed E-state index contributed by atoms with van der Waals surface area (Å²) in [7, 11) is 0. The summed E-state index contributed by atoms with van der Waals surface area (Å²) >= 11 is 7.81. The van der Waals surface area contributed by atoms with E-state index in [1.54, 1.807) is 11.3 Å². The number of rotatable bonds is 5. The van der Waals surface area contributed by atoms with Crippen LogP contribution in [0.4, 0.5) is 0 Å². The second-order valence-electron chi connectivity index (χ2n) is 4.66. The van der Waals surface area contributed by atoms with Crippen molar-refractivity contribution in [2.75, 3.05) is 5.88 Å². The summed E-state index contributed by atoms with van der Waals surface area (Å²) in [4.78, 5) is 0. The van der Waals surface area contributed by atoms with Crippen LogP contribution in [0.5, 0.6) is 0 Å². The first-order chi connectivity index (χ1) is 8.18. The van der Waals surface area contributed by atoms with E-state index in [0.717, 1.165) is 13.0 Å². The van der Waals surface area contributed by atoms with Gasteiger partial charge in [-0.1, -0.05) is 25.1 Å². The summed E-state index contributed by atoms with van der Waals surface area (Å²) in [5, 5.41) is 7.16. The molecule has 0 saturated carbocycles. The molecule has 2 aromatic rings. The highest BCUT2D eigenvalue weighted by molar-refractivity contribution is 7.17. The zero-order valence-corrected chi connectivity index (χ0v) is 11.9. The first kappa shape index (κ1) is 12.9. The Balaban J connectivity index is 2.14. The van der Waals surface area contributed by atoms with E-state index in [4.69, 9.17) is 11.6 Å². The van der Waals surface area contributed by atoms with Crippen LogP contribution in [0.25, 0.3) is 10.1 Å². The number of benzene rings is 1. The molecule has 1 aromatic carbocycles. The molecule has 1 aromatic heterocycles. The maximum atomic E-state index is 6.01. The van der Waals surface area contributed by atoms with Crippen LogP contribution < -0.4 is 5.32 Å². The Kier molecular flexibility index (Phi) is 4.08. The summed E-state index contributed by atoms with van der Waals surface area (Å²) in [6, 6.07) is 8.54. The van der Waals surface area contributed by atoms with Crippen LogP contribution in [-0.2, 0) is 6.54 Å². The molecule has 0 bridgehead atoms. The van der Waals surface area contributed by atoms with Gasteiger partial charge in [-0.25, -0.2) is 0 Å². The summed E-state index contributed by atoms with van der Waals surface area (Å²) in [6.07, 6.45) is 1.04. The SMILES string of the molecule is CCC(C)(CCl)NCc1csc2ccccc12. The fourth-order valence-corrected chi connectivity index (χ4v) is 2.99. The minimum absolute atomic E-state index is 0.0323. The molecule has 1 nitrogen and oxygen atoms in total.